The Balaban J connectivity index is 2.55. The molecule has 1 amide bonds. The summed E-state index contributed by atoms with van der Waals surface area (Å²) in [5.41, 5.74) is 6.59. The average molecular weight is 185 g/mol. The summed E-state index contributed by atoms with van der Waals surface area (Å²) >= 11 is 0. The normalized spacial score (nSPS) is 27.4. The molecule has 6 heteroatoms. The first kappa shape index (κ1) is 9.67. The molecule has 72 valence electrons. The van der Waals surface area contributed by atoms with Gasteiger partial charge in [-0.3, -0.25) is 0 Å². The molecule has 0 aromatic rings. The summed E-state index contributed by atoms with van der Waals surface area (Å²) in [5, 5.41) is 14.6. The van der Waals surface area contributed by atoms with Crippen LogP contribution in [0, 0.1) is 5.53 Å². The number of nitrogens with one attached hydrogen (secondary N) is 2. The van der Waals surface area contributed by atoms with Crippen LogP contribution in [0.25, 0.3) is 0 Å². The molecule has 1 aliphatic carbocycles. The molecular weight excluding hydrogens is 172 g/mol. The lowest BCUT2D eigenvalue weighted by atomic mass is 9.91. The van der Waals surface area contributed by atoms with Gasteiger partial charge in [-0.2, -0.15) is 0 Å². The maximum atomic E-state index is 10.4. The fraction of sp³-hybridized carbons (Fsp3) is 0.857. The van der Waals surface area contributed by atoms with E-state index in [1.54, 1.807) is 0 Å². The van der Waals surface area contributed by atoms with E-state index in [2.05, 4.69) is 15.3 Å². The molecule has 0 aromatic carbocycles. The maximum absolute atomic E-state index is 10.4. The second kappa shape index (κ2) is 4.57. The van der Waals surface area contributed by atoms with Crippen molar-refractivity contribution >= 4 is 6.09 Å². The minimum Gasteiger partial charge on any atom is -0.465 e. The highest BCUT2D eigenvalue weighted by Crippen LogP contribution is 2.20. The molecule has 3 N–H and O–H groups in total. The van der Waals surface area contributed by atoms with E-state index in [0.29, 0.717) is 0 Å². The third-order valence-corrected chi connectivity index (χ3v) is 2.24. The van der Waals surface area contributed by atoms with Gasteiger partial charge in [-0.15, -0.1) is 0 Å². The van der Waals surface area contributed by atoms with Gasteiger partial charge in [-0.1, -0.05) is 12.8 Å². The Labute approximate surface area is 75.6 Å². The Hall–Kier alpha value is -1.42. The average Bonchev–Trinajstić information content (AvgIpc) is 2.08. The zero-order chi connectivity index (χ0) is 9.68. The first-order valence-corrected chi connectivity index (χ1v) is 4.30. The van der Waals surface area contributed by atoms with Crippen LogP contribution in [0.5, 0.6) is 0 Å². The smallest absolute Gasteiger partial charge is 0.404 e. The molecule has 0 bridgehead atoms. The predicted octanol–water partition coefficient (Wildman–Crippen LogP) is 1.12. The lowest BCUT2D eigenvalue weighted by Crippen LogP contribution is -2.43. The molecule has 0 radical (unpaired) electrons. The van der Waals surface area contributed by atoms with Crippen LogP contribution in [0.1, 0.15) is 25.7 Å². The van der Waals surface area contributed by atoms with Crippen LogP contribution < -0.4 is 10.2 Å². The minimum atomic E-state index is -1.03. The molecule has 0 aromatic heterocycles. The Bertz CT molecular complexity index is 237. The molecule has 2 atom stereocenters. The van der Waals surface area contributed by atoms with Crippen molar-refractivity contribution in [3.63, 3.8) is 0 Å². The molecule has 1 fully saturated rings. The Morgan fingerprint density at radius 1 is 1.54 bits per heavy atom. The third kappa shape index (κ3) is 2.83. The minimum absolute atomic E-state index is 0.151. The first-order valence-electron chi connectivity index (χ1n) is 4.30. The standard InChI is InChI=1S/C7H12N4O2/c8-11-10-6-4-2-1-3-5(6)9-7(12)13/h5-6,8-9H,1-4H2/p+1/t5-,6+/m1/s1. The largest absolute Gasteiger partial charge is 0.465 e. The monoisotopic (exact) mass is 185 g/mol. The van der Waals surface area contributed by atoms with Crippen LogP contribution in [0.4, 0.5) is 4.79 Å². The van der Waals surface area contributed by atoms with Gasteiger partial charge in [-0.25, -0.2) is 4.79 Å². The maximum Gasteiger partial charge on any atom is 0.404 e. The Morgan fingerprint density at radius 3 is 2.85 bits per heavy atom. The highest BCUT2D eigenvalue weighted by Gasteiger charge is 2.29. The van der Waals surface area contributed by atoms with Gasteiger partial charge >= 0.3 is 6.09 Å². The molecule has 6 nitrogen and oxygen atoms in total. The van der Waals surface area contributed by atoms with E-state index in [1.165, 1.54) is 0 Å². The molecule has 1 rings (SSSR count). The molecule has 0 spiro atoms. The summed E-state index contributed by atoms with van der Waals surface area (Å²) in [6.07, 6.45) is 2.61. The molecule has 0 saturated heterocycles. The van der Waals surface area contributed by atoms with Gasteiger partial charge in [0.2, 0.25) is 4.91 Å². The summed E-state index contributed by atoms with van der Waals surface area (Å²) in [5.74, 6) is 0. The topological polar surface area (TPSA) is 99.6 Å². The van der Waals surface area contributed by atoms with E-state index < -0.39 is 6.09 Å². The summed E-state index contributed by atoms with van der Waals surface area (Å²) in [4.78, 5) is 13.3. The molecule has 0 unspecified atom stereocenters. The fourth-order valence-corrected chi connectivity index (χ4v) is 1.65. The van der Waals surface area contributed by atoms with E-state index in [1.807, 2.05) is 0 Å². The van der Waals surface area contributed by atoms with Crippen LogP contribution in [0.3, 0.4) is 0 Å². The number of rotatable bonds is 2. The molecular formula is C7H13N4O2+. The van der Waals surface area contributed by atoms with E-state index in [0.717, 1.165) is 25.7 Å². The summed E-state index contributed by atoms with van der Waals surface area (Å²) in [7, 11) is 0. The van der Waals surface area contributed by atoms with Crippen molar-refractivity contribution in [1.82, 2.24) is 10.2 Å². The lowest BCUT2D eigenvalue weighted by molar-refractivity contribution is 0.182. The number of amides is 1. The van der Waals surface area contributed by atoms with Crippen molar-refractivity contribution in [2.75, 3.05) is 0 Å². The quantitative estimate of drug-likeness (QED) is 0.443. The number of hydrogen-bond acceptors (Lipinski definition) is 3. The molecule has 13 heavy (non-hydrogen) atoms. The Kier molecular flexibility index (Phi) is 3.40. The zero-order valence-corrected chi connectivity index (χ0v) is 7.23. The van der Waals surface area contributed by atoms with Crippen molar-refractivity contribution in [3.05, 3.63) is 0 Å². The van der Waals surface area contributed by atoms with Crippen LogP contribution >= 0.6 is 0 Å². The van der Waals surface area contributed by atoms with Crippen LogP contribution in [-0.4, -0.2) is 23.3 Å². The zero-order valence-electron chi connectivity index (χ0n) is 7.23. The Morgan fingerprint density at radius 2 is 2.23 bits per heavy atom. The molecule has 0 heterocycles. The van der Waals surface area contributed by atoms with Gasteiger partial charge in [-0.05, 0) is 12.8 Å². The second-order valence-corrected chi connectivity index (χ2v) is 3.12. The number of carbonyl (C=O) groups is 1. The van der Waals surface area contributed by atoms with Crippen molar-refractivity contribution in [2.24, 2.45) is 5.11 Å². The molecule has 1 saturated carbocycles. The van der Waals surface area contributed by atoms with Gasteiger partial charge < -0.3 is 10.4 Å². The number of hydrogen-bond donors (Lipinski definition) is 3. The number of nitrogens with zero attached hydrogens (tertiary/aromatic N) is 2. The first-order chi connectivity index (χ1) is 6.24. The highest BCUT2D eigenvalue weighted by atomic mass is 16.4. The predicted molar refractivity (Wildman–Crippen MR) is 44.5 cm³/mol. The molecule has 1 aliphatic rings. The second-order valence-electron chi connectivity index (χ2n) is 3.12. The van der Waals surface area contributed by atoms with E-state index in [-0.39, 0.29) is 12.1 Å². The van der Waals surface area contributed by atoms with Gasteiger partial charge in [0, 0.05) is 0 Å². The third-order valence-electron chi connectivity index (χ3n) is 2.24. The van der Waals surface area contributed by atoms with E-state index >= 15 is 0 Å². The van der Waals surface area contributed by atoms with Crippen molar-refractivity contribution in [1.29, 1.82) is 5.53 Å². The van der Waals surface area contributed by atoms with Gasteiger partial charge in [0.05, 0.1) is 6.04 Å². The van der Waals surface area contributed by atoms with Gasteiger partial charge in [0.1, 0.15) is 10.6 Å². The summed E-state index contributed by atoms with van der Waals surface area (Å²) in [6, 6.07) is -0.317. The lowest BCUT2D eigenvalue weighted by Gasteiger charge is -2.24. The van der Waals surface area contributed by atoms with Gasteiger partial charge in [0.25, 0.3) is 0 Å². The van der Waals surface area contributed by atoms with Crippen LogP contribution in [-0.2, 0) is 0 Å². The van der Waals surface area contributed by atoms with Crippen molar-refractivity contribution in [2.45, 2.75) is 37.8 Å². The highest BCUT2D eigenvalue weighted by molar-refractivity contribution is 5.65. The fourth-order valence-electron chi connectivity index (χ4n) is 1.65. The van der Waals surface area contributed by atoms with Crippen LogP contribution in [0.2, 0.25) is 0 Å². The number of carboxylic acid groups (broad SMARTS) is 1. The van der Waals surface area contributed by atoms with Crippen molar-refractivity contribution in [3.8, 4) is 0 Å². The molecule has 0 aliphatic heterocycles. The van der Waals surface area contributed by atoms with Crippen LogP contribution in [0.15, 0.2) is 5.11 Å². The summed E-state index contributed by atoms with van der Waals surface area (Å²) < 4.78 is 0. The van der Waals surface area contributed by atoms with Gasteiger partial charge in [0.15, 0.2) is 6.04 Å². The van der Waals surface area contributed by atoms with Crippen molar-refractivity contribution < 1.29 is 9.90 Å². The van der Waals surface area contributed by atoms with E-state index in [9.17, 15) is 4.79 Å². The van der Waals surface area contributed by atoms with E-state index in [4.69, 9.17) is 10.6 Å². The SMILES string of the molecule is N=[N+]=N[C@H]1CCCC[C@H]1NC(=O)O. The summed E-state index contributed by atoms with van der Waals surface area (Å²) in [6.45, 7) is 0.